The molecule has 25 heavy (non-hydrogen) atoms. The molecule has 0 bridgehead atoms. The van der Waals surface area contributed by atoms with Crippen LogP contribution < -0.4 is 16.4 Å². The van der Waals surface area contributed by atoms with E-state index >= 15 is 0 Å². The van der Waals surface area contributed by atoms with E-state index in [2.05, 4.69) is 10.6 Å². The van der Waals surface area contributed by atoms with Crippen LogP contribution in [0.4, 0.5) is 0 Å². The van der Waals surface area contributed by atoms with E-state index < -0.39 is 30.0 Å². The zero-order valence-electron chi connectivity index (χ0n) is 15.9. The summed E-state index contributed by atoms with van der Waals surface area (Å²) in [6.45, 7) is 7.60. The number of thioether (sulfide) groups is 1. The molecule has 0 saturated carbocycles. The van der Waals surface area contributed by atoms with Crippen molar-refractivity contribution in [2.24, 2.45) is 17.6 Å². The first-order valence-electron chi connectivity index (χ1n) is 8.72. The van der Waals surface area contributed by atoms with Gasteiger partial charge in [0.05, 0.1) is 6.04 Å². The Morgan fingerprint density at radius 3 is 2.08 bits per heavy atom. The number of rotatable bonds is 12. The van der Waals surface area contributed by atoms with Gasteiger partial charge in [-0.3, -0.25) is 9.59 Å². The highest BCUT2D eigenvalue weighted by molar-refractivity contribution is 7.98. The van der Waals surface area contributed by atoms with Gasteiger partial charge in [0.15, 0.2) is 0 Å². The van der Waals surface area contributed by atoms with Crippen molar-refractivity contribution in [1.29, 1.82) is 0 Å². The summed E-state index contributed by atoms with van der Waals surface area (Å²) >= 11 is 1.55. The van der Waals surface area contributed by atoms with Gasteiger partial charge < -0.3 is 21.5 Å². The summed E-state index contributed by atoms with van der Waals surface area (Å²) < 4.78 is 0. The molecule has 7 nitrogen and oxygen atoms in total. The van der Waals surface area contributed by atoms with Crippen LogP contribution in [0.2, 0.25) is 0 Å². The fraction of sp³-hybridized carbons (Fsp3) is 0.824. The minimum atomic E-state index is -1.08. The second kappa shape index (κ2) is 12.1. The summed E-state index contributed by atoms with van der Waals surface area (Å²) in [5, 5.41) is 14.5. The van der Waals surface area contributed by atoms with Gasteiger partial charge in [-0.25, -0.2) is 4.79 Å². The number of carbonyl (C=O) groups excluding carboxylic acids is 2. The van der Waals surface area contributed by atoms with Crippen molar-refractivity contribution in [3.63, 3.8) is 0 Å². The molecule has 4 atom stereocenters. The molecule has 5 N–H and O–H groups in total. The smallest absolute Gasteiger partial charge is 0.326 e. The van der Waals surface area contributed by atoms with Crippen molar-refractivity contribution >= 4 is 29.5 Å². The number of carboxylic acid groups (broad SMARTS) is 1. The molecule has 0 spiro atoms. The summed E-state index contributed by atoms with van der Waals surface area (Å²) in [6, 6.07) is -2.45. The quantitative estimate of drug-likeness (QED) is 0.407. The van der Waals surface area contributed by atoms with Gasteiger partial charge in [-0.2, -0.15) is 11.8 Å². The average Bonchev–Trinajstić information content (AvgIpc) is 2.55. The Hall–Kier alpha value is -1.28. The monoisotopic (exact) mass is 375 g/mol. The maximum atomic E-state index is 12.5. The summed E-state index contributed by atoms with van der Waals surface area (Å²) in [5.74, 6) is -1.15. The molecule has 8 heteroatoms. The third-order valence-electron chi connectivity index (χ3n) is 4.13. The van der Waals surface area contributed by atoms with Gasteiger partial charge in [0.1, 0.15) is 12.1 Å². The van der Waals surface area contributed by atoms with Gasteiger partial charge >= 0.3 is 5.97 Å². The molecule has 0 fully saturated rings. The Balaban J connectivity index is 5.01. The van der Waals surface area contributed by atoms with Crippen molar-refractivity contribution in [3.8, 4) is 0 Å². The zero-order chi connectivity index (χ0) is 19.6. The number of carbonyl (C=O) groups is 3. The van der Waals surface area contributed by atoms with Crippen LogP contribution in [-0.4, -0.2) is 53.0 Å². The molecular weight excluding hydrogens is 342 g/mol. The van der Waals surface area contributed by atoms with Crippen LogP contribution in [0, 0.1) is 11.8 Å². The average molecular weight is 376 g/mol. The van der Waals surface area contributed by atoms with Gasteiger partial charge in [-0.1, -0.05) is 34.1 Å². The number of amides is 2. The highest BCUT2D eigenvalue weighted by Gasteiger charge is 2.29. The normalized spacial score (nSPS) is 16.0. The number of nitrogens with two attached hydrogens (primary N) is 1. The molecule has 0 rings (SSSR count). The van der Waals surface area contributed by atoms with Crippen molar-refractivity contribution in [2.75, 3.05) is 12.0 Å². The lowest BCUT2D eigenvalue weighted by molar-refractivity contribution is -0.142. The second-order valence-electron chi connectivity index (χ2n) is 6.78. The molecule has 2 amide bonds. The Labute approximate surface area is 154 Å². The molecule has 0 unspecified atom stereocenters. The van der Waals surface area contributed by atoms with E-state index in [9.17, 15) is 19.5 Å². The summed E-state index contributed by atoms with van der Waals surface area (Å²) in [7, 11) is 0. The van der Waals surface area contributed by atoms with E-state index in [1.165, 1.54) is 0 Å². The van der Waals surface area contributed by atoms with Crippen LogP contribution >= 0.6 is 11.8 Å². The van der Waals surface area contributed by atoms with Crippen molar-refractivity contribution in [1.82, 2.24) is 10.6 Å². The third kappa shape index (κ3) is 9.11. The summed E-state index contributed by atoms with van der Waals surface area (Å²) in [5.41, 5.74) is 5.92. The van der Waals surface area contributed by atoms with E-state index in [1.54, 1.807) is 11.8 Å². The van der Waals surface area contributed by atoms with Gasteiger partial charge in [-0.15, -0.1) is 0 Å². The summed E-state index contributed by atoms with van der Waals surface area (Å²) in [4.78, 5) is 36.1. The van der Waals surface area contributed by atoms with Gasteiger partial charge in [0.25, 0.3) is 0 Å². The fourth-order valence-corrected chi connectivity index (χ4v) is 2.72. The maximum Gasteiger partial charge on any atom is 0.326 e. The third-order valence-corrected chi connectivity index (χ3v) is 4.77. The van der Waals surface area contributed by atoms with E-state index in [-0.39, 0.29) is 17.7 Å². The lowest BCUT2D eigenvalue weighted by Gasteiger charge is -2.24. The maximum absolute atomic E-state index is 12.5. The highest BCUT2D eigenvalue weighted by atomic mass is 32.2. The largest absolute Gasteiger partial charge is 0.480 e. The Kier molecular flexibility index (Phi) is 11.5. The number of aliphatic carboxylic acids is 1. The molecule has 0 radical (unpaired) electrons. The van der Waals surface area contributed by atoms with E-state index in [0.29, 0.717) is 18.6 Å². The van der Waals surface area contributed by atoms with Crippen LogP contribution in [0.5, 0.6) is 0 Å². The first-order chi connectivity index (χ1) is 11.6. The van der Waals surface area contributed by atoms with Gasteiger partial charge in [-0.05, 0) is 36.7 Å². The first kappa shape index (κ1) is 23.7. The molecule has 0 aliphatic carbocycles. The van der Waals surface area contributed by atoms with Crippen LogP contribution in [0.1, 0.15) is 47.0 Å². The Bertz CT molecular complexity index is 446. The van der Waals surface area contributed by atoms with Crippen LogP contribution in [0.15, 0.2) is 0 Å². The lowest BCUT2D eigenvalue weighted by atomic mass is 9.99. The van der Waals surface area contributed by atoms with E-state index in [0.717, 1.165) is 6.42 Å². The van der Waals surface area contributed by atoms with Crippen molar-refractivity contribution in [3.05, 3.63) is 0 Å². The SMILES string of the molecule is CC[C@H](C)[C@H](N)C(=O)N[C@@H](CCSC)C(=O)N[C@@H](CC(C)C)C(=O)O. The predicted octanol–water partition coefficient (Wildman–Crippen LogP) is 1.21. The zero-order valence-corrected chi connectivity index (χ0v) is 16.7. The van der Waals surface area contributed by atoms with Gasteiger partial charge in [0.2, 0.25) is 11.8 Å². The molecule has 0 aromatic carbocycles. The van der Waals surface area contributed by atoms with E-state index in [1.807, 2.05) is 34.0 Å². The Morgan fingerprint density at radius 1 is 1.08 bits per heavy atom. The predicted molar refractivity (Wildman–Crippen MR) is 101 cm³/mol. The minimum Gasteiger partial charge on any atom is -0.480 e. The Morgan fingerprint density at radius 2 is 1.64 bits per heavy atom. The minimum absolute atomic E-state index is 0.00281. The molecule has 0 saturated heterocycles. The topological polar surface area (TPSA) is 122 Å². The van der Waals surface area contributed by atoms with Gasteiger partial charge in [0, 0.05) is 0 Å². The standard InChI is InChI=1S/C17H33N3O4S/c1-6-11(4)14(18)16(22)19-12(7-8-25-5)15(21)20-13(17(23)24)9-10(2)3/h10-14H,6-9,18H2,1-5H3,(H,19,22)(H,20,21)(H,23,24)/t11-,12-,13-,14-/m0/s1. The molecule has 0 aromatic rings. The highest BCUT2D eigenvalue weighted by Crippen LogP contribution is 2.09. The molecule has 0 heterocycles. The van der Waals surface area contributed by atoms with Crippen molar-refractivity contribution in [2.45, 2.75) is 65.1 Å². The number of hydrogen-bond acceptors (Lipinski definition) is 5. The number of hydrogen-bond donors (Lipinski definition) is 4. The molecule has 146 valence electrons. The number of nitrogens with one attached hydrogen (secondary N) is 2. The first-order valence-corrected chi connectivity index (χ1v) is 10.1. The van der Waals surface area contributed by atoms with E-state index in [4.69, 9.17) is 5.73 Å². The van der Waals surface area contributed by atoms with Crippen molar-refractivity contribution < 1.29 is 19.5 Å². The van der Waals surface area contributed by atoms with Crippen LogP contribution in [0.3, 0.4) is 0 Å². The molecule has 0 aliphatic rings. The fourth-order valence-electron chi connectivity index (χ4n) is 2.25. The summed E-state index contributed by atoms with van der Waals surface area (Å²) in [6.07, 6.45) is 3.41. The second-order valence-corrected chi connectivity index (χ2v) is 7.77. The van der Waals surface area contributed by atoms with Crippen LogP contribution in [0.25, 0.3) is 0 Å². The molecule has 0 aromatic heterocycles. The molecule has 0 aliphatic heterocycles. The lowest BCUT2D eigenvalue weighted by Crippen LogP contribution is -2.55. The van der Waals surface area contributed by atoms with Crippen LogP contribution in [-0.2, 0) is 14.4 Å². The molecular formula is C17H33N3O4S. The number of carboxylic acids is 1.